The first kappa shape index (κ1) is 29.1. The molecule has 3 heterocycles. The first-order valence-corrected chi connectivity index (χ1v) is 14.9. The minimum atomic E-state index is -1.15. The van der Waals surface area contributed by atoms with E-state index in [2.05, 4.69) is 29.4 Å². The number of carbonyl (C=O) groups excluding carboxylic acids is 3. The molecule has 3 N–H and O–H groups in total. The lowest BCUT2D eigenvalue weighted by Gasteiger charge is -2.37. The lowest BCUT2D eigenvalue weighted by Crippen LogP contribution is -2.56. The summed E-state index contributed by atoms with van der Waals surface area (Å²) in [6.07, 6.45) is 2.08. The van der Waals surface area contributed by atoms with Crippen molar-refractivity contribution in [3.05, 3.63) is 54.6 Å². The molecule has 9 nitrogen and oxygen atoms in total. The fourth-order valence-corrected chi connectivity index (χ4v) is 7.46. The molecular formula is C32H42N4O5. The Morgan fingerprint density at radius 1 is 0.976 bits per heavy atom. The highest BCUT2D eigenvalue weighted by Gasteiger charge is 2.79. The van der Waals surface area contributed by atoms with Crippen molar-refractivity contribution in [1.29, 1.82) is 0 Å². The quantitative estimate of drug-likeness (QED) is 0.381. The summed E-state index contributed by atoms with van der Waals surface area (Å²) >= 11 is 0. The van der Waals surface area contributed by atoms with Crippen LogP contribution in [0.25, 0.3) is 0 Å². The van der Waals surface area contributed by atoms with Crippen LogP contribution in [0.5, 0.6) is 0 Å². The molecule has 2 aromatic carbocycles. The standard InChI is InChI=1S/C32H42N4O5/c1-5-23(20-37)36-27(29(39)34-22-14-16-24(17-15-22)35(7-3)8-4)32-19-18-31(6-2,41-32)25(26(32)30(36)40)28(38)33-21-12-10-9-11-13-21/h9-17,23,25-27,37H,5-8,18-20H2,1-4H3,(H,33,38)(H,34,39)/t23-,25-,26-,27?,31+,32?/m0/s1. The summed E-state index contributed by atoms with van der Waals surface area (Å²) in [5.74, 6) is -2.51. The summed E-state index contributed by atoms with van der Waals surface area (Å²) in [5.41, 5.74) is 0.333. The summed E-state index contributed by atoms with van der Waals surface area (Å²) in [6, 6.07) is 15.3. The van der Waals surface area contributed by atoms with Gasteiger partial charge in [-0.3, -0.25) is 14.4 Å². The number of amides is 3. The third-order valence-electron chi connectivity index (χ3n) is 9.53. The Balaban J connectivity index is 1.50. The van der Waals surface area contributed by atoms with Crippen molar-refractivity contribution < 1.29 is 24.2 Å². The highest BCUT2D eigenvalue weighted by atomic mass is 16.5. The zero-order valence-corrected chi connectivity index (χ0v) is 24.4. The van der Waals surface area contributed by atoms with Gasteiger partial charge in [-0.1, -0.05) is 32.0 Å². The van der Waals surface area contributed by atoms with Gasteiger partial charge in [0.15, 0.2) is 0 Å². The summed E-state index contributed by atoms with van der Waals surface area (Å²) in [6.45, 7) is 9.51. The maximum absolute atomic E-state index is 14.3. The number of carbonyl (C=O) groups is 3. The number of hydrogen-bond donors (Lipinski definition) is 3. The monoisotopic (exact) mass is 562 g/mol. The van der Waals surface area contributed by atoms with Crippen molar-refractivity contribution in [1.82, 2.24) is 4.90 Å². The lowest BCUT2D eigenvalue weighted by atomic mass is 9.65. The Kier molecular flexibility index (Phi) is 8.12. The van der Waals surface area contributed by atoms with Gasteiger partial charge >= 0.3 is 0 Å². The number of hydrogen-bond acceptors (Lipinski definition) is 6. The highest BCUT2D eigenvalue weighted by Crippen LogP contribution is 2.64. The zero-order chi connectivity index (χ0) is 29.4. The predicted octanol–water partition coefficient (Wildman–Crippen LogP) is 4.04. The second kappa shape index (κ2) is 11.4. The van der Waals surface area contributed by atoms with Crippen molar-refractivity contribution in [3.63, 3.8) is 0 Å². The summed E-state index contributed by atoms with van der Waals surface area (Å²) < 4.78 is 6.81. The van der Waals surface area contributed by atoms with Gasteiger partial charge in [0.2, 0.25) is 17.7 Å². The Hall–Kier alpha value is -3.43. The highest BCUT2D eigenvalue weighted by molar-refractivity contribution is 6.05. The lowest BCUT2D eigenvalue weighted by molar-refractivity contribution is -0.148. The van der Waals surface area contributed by atoms with Crippen molar-refractivity contribution in [3.8, 4) is 0 Å². The molecule has 0 aromatic heterocycles. The first-order valence-electron chi connectivity index (χ1n) is 14.9. The van der Waals surface area contributed by atoms with E-state index in [4.69, 9.17) is 4.74 Å². The van der Waals surface area contributed by atoms with Crippen LogP contribution >= 0.6 is 0 Å². The van der Waals surface area contributed by atoms with E-state index in [9.17, 15) is 19.5 Å². The molecule has 5 rings (SSSR count). The molecule has 1 spiro atoms. The number of nitrogens with one attached hydrogen (secondary N) is 2. The van der Waals surface area contributed by atoms with Crippen molar-refractivity contribution in [2.24, 2.45) is 11.8 Å². The number of anilines is 3. The number of fused-ring (bicyclic) bond motifs is 1. The van der Waals surface area contributed by atoms with Crippen molar-refractivity contribution >= 4 is 34.8 Å². The zero-order valence-electron chi connectivity index (χ0n) is 24.4. The van der Waals surface area contributed by atoms with Crippen molar-refractivity contribution in [2.45, 2.75) is 76.7 Å². The maximum Gasteiger partial charge on any atom is 0.250 e. The number of para-hydroxylation sites is 1. The number of rotatable bonds is 11. The van der Waals surface area contributed by atoms with Gasteiger partial charge in [-0.25, -0.2) is 0 Å². The molecule has 220 valence electrons. The number of benzene rings is 2. The SMILES string of the molecule is CC[C@@H](CO)N1C(=O)[C@@H]2[C@@H](C(=O)Nc3ccccc3)[C@@]3(CC)CCC2(O3)C1C(=O)Nc1ccc(N(CC)CC)cc1. The van der Waals surface area contributed by atoms with Crippen LogP contribution in [-0.2, 0) is 19.1 Å². The predicted molar refractivity (Wildman–Crippen MR) is 159 cm³/mol. The first-order chi connectivity index (χ1) is 19.8. The van der Waals surface area contributed by atoms with Gasteiger partial charge in [0, 0.05) is 30.2 Å². The summed E-state index contributed by atoms with van der Waals surface area (Å²) in [5, 5.41) is 16.3. The van der Waals surface area contributed by atoms with Gasteiger partial charge in [0.05, 0.1) is 30.1 Å². The fraction of sp³-hybridized carbons (Fsp3) is 0.531. The van der Waals surface area contributed by atoms with E-state index in [1.54, 1.807) is 0 Å². The molecule has 0 saturated carbocycles. The number of aliphatic hydroxyl groups is 1. The van der Waals surface area contributed by atoms with Gasteiger partial charge < -0.3 is 30.3 Å². The molecule has 0 radical (unpaired) electrons. The van der Waals surface area contributed by atoms with E-state index >= 15 is 0 Å². The third kappa shape index (κ3) is 4.69. The molecule has 3 saturated heterocycles. The number of likely N-dealkylation sites (tertiary alicyclic amines) is 1. The molecule has 3 aliphatic rings. The average Bonchev–Trinajstić information content (AvgIpc) is 3.59. The summed E-state index contributed by atoms with van der Waals surface area (Å²) in [7, 11) is 0. The van der Waals surface area contributed by atoms with Crippen LogP contribution < -0.4 is 15.5 Å². The van der Waals surface area contributed by atoms with Crippen LogP contribution in [0.4, 0.5) is 17.1 Å². The molecule has 0 aliphatic carbocycles. The van der Waals surface area contributed by atoms with Gasteiger partial charge in [0.25, 0.3) is 0 Å². The fourth-order valence-electron chi connectivity index (χ4n) is 7.46. The van der Waals surface area contributed by atoms with E-state index in [-0.39, 0.29) is 24.3 Å². The molecule has 41 heavy (non-hydrogen) atoms. The largest absolute Gasteiger partial charge is 0.394 e. The molecule has 9 heteroatoms. The third-order valence-corrected chi connectivity index (χ3v) is 9.53. The van der Waals surface area contributed by atoms with Gasteiger partial charge in [-0.15, -0.1) is 0 Å². The van der Waals surface area contributed by atoms with Crippen LogP contribution in [0.3, 0.4) is 0 Å². The molecule has 6 atom stereocenters. The Labute approximate surface area is 242 Å². The van der Waals surface area contributed by atoms with Gasteiger partial charge in [-0.05, 0) is 75.9 Å². The van der Waals surface area contributed by atoms with Crippen LogP contribution in [0, 0.1) is 11.8 Å². The Morgan fingerprint density at radius 3 is 2.20 bits per heavy atom. The summed E-state index contributed by atoms with van der Waals surface area (Å²) in [4.78, 5) is 46.0. The van der Waals surface area contributed by atoms with Crippen LogP contribution in [0.2, 0.25) is 0 Å². The van der Waals surface area contributed by atoms with Gasteiger partial charge in [-0.2, -0.15) is 0 Å². The molecule has 3 amide bonds. The van der Waals surface area contributed by atoms with Crippen LogP contribution in [0.1, 0.15) is 53.4 Å². The van der Waals surface area contributed by atoms with E-state index in [1.807, 2.05) is 68.4 Å². The molecule has 2 aromatic rings. The minimum absolute atomic E-state index is 0.275. The number of aliphatic hydroxyl groups excluding tert-OH is 1. The molecule has 3 fully saturated rings. The second-order valence-electron chi connectivity index (χ2n) is 11.4. The van der Waals surface area contributed by atoms with E-state index in [1.165, 1.54) is 4.90 Å². The average molecular weight is 563 g/mol. The second-order valence-corrected chi connectivity index (χ2v) is 11.4. The Bertz CT molecular complexity index is 1260. The molecule has 2 unspecified atom stereocenters. The topological polar surface area (TPSA) is 111 Å². The van der Waals surface area contributed by atoms with E-state index in [0.717, 1.165) is 18.8 Å². The molecular weight excluding hydrogens is 520 g/mol. The smallest absolute Gasteiger partial charge is 0.250 e. The van der Waals surface area contributed by atoms with Gasteiger partial charge in [0.1, 0.15) is 11.6 Å². The Morgan fingerprint density at radius 2 is 1.61 bits per heavy atom. The van der Waals surface area contributed by atoms with E-state index in [0.29, 0.717) is 37.1 Å². The number of ether oxygens (including phenoxy) is 1. The number of nitrogens with zero attached hydrogens (tertiary/aromatic N) is 2. The van der Waals surface area contributed by atoms with E-state index < -0.39 is 35.1 Å². The molecule has 2 bridgehead atoms. The normalized spacial score (nSPS) is 28.9. The minimum Gasteiger partial charge on any atom is -0.394 e. The van der Waals surface area contributed by atoms with Crippen molar-refractivity contribution in [2.75, 3.05) is 35.2 Å². The van der Waals surface area contributed by atoms with Crippen LogP contribution in [-0.4, -0.2) is 70.7 Å². The van der Waals surface area contributed by atoms with Crippen LogP contribution in [0.15, 0.2) is 54.6 Å². The maximum atomic E-state index is 14.3. The molecule has 3 aliphatic heterocycles.